The Kier molecular flexibility index (Phi) is 2.79. The second-order valence-electron chi connectivity index (χ2n) is 4.34. The summed E-state index contributed by atoms with van der Waals surface area (Å²) in [5, 5.41) is 7.49. The van der Waals surface area contributed by atoms with Crippen LogP contribution < -0.4 is 0 Å². The molecule has 7 heteroatoms. The topological polar surface area (TPSA) is 64.8 Å². The van der Waals surface area contributed by atoms with E-state index in [0.717, 1.165) is 10.2 Å². The van der Waals surface area contributed by atoms with Crippen molar-refractivity contribution in [3.8, 4) is 0 Å². The summed E-state index contributed by atoms with van der Waals surface area (Å²) in [6.45, 7) is 1.51. The highest BCUT2D eigenvalue weighted by Crippen LogP contribution is 2.20. The van der Waals surface area contributed by atoms with Crippen LogP contribution in [0.15, 0.2) is 47.4 Å². The Morgan fingerprint density at radius 2 is 1.90 bits per heavy atom. The first-order valence-electron chi connectivity index (χ1n) is 5.82. The number of hydrogen-bond acceptors (Lipinski definition) is 4. The summed E-state index contributed by atoms with van der Waals surface area (Å²) in [7, 11) is -3.89. The molecular formula is C13H10FN3O2S. The highest BCUT2D eigenvalue weighted by Gasteiger charge is 2.21. The maximum Gasteiger partial charge on any atom is 0.284 e. The Bertz CT molecular complexity index is 903. The summed E-state index contributed by atoms with van der Waals surface area (Å²) in [5.74, 6) is -0.451. The quantitative estimate of drug-likeness (QED) is 0.725. The number of rotatable bonds is 2. The standard InChI is InChI=1S/C13H10FN3O2S/c1-9-8-10(6-7-11(9)14)20(18,19)17-13-5-3-2-4-12(13)15-16-17/h2-8H,1H3. The third kappa shape index (κ3) is 1.87. The van der Waals surface area contributed by atoms with Crippen molar-refractivity contribution in [3.63, 3.8) is 0 Å². The Hall–Kier alpha value is -2.28. The predicted octanol–water partition coefficient (Wildman–Crippen LogP) is 2.12. The smallest absolute Gasteiger partial charge is 0.207 e. The normalized spacial score (nSPS) is 11.9. The van der Waals surface area contributed by atoms with Gasteiger partial charge in [0.1, 0.15) is 16.9 Å². The molecular weight excluding hydrogens is 281 g/mol. The Labute approximate surface area is 114 Å². The van der Waals surface area contributed by atoms with Crippen molar-refractivity contribution in [2.24, 2.45) is 0 Å². The first-order chi connectivity index (χ1) is 9.50. The molecule has 20 heavy (non-hydrogen) atoms. The molecule has 3 rings (SSSR count). The van der Waals surface area contributed by atoms with Gasteiger partial charge in [0.2, 0.25) is 0 Å². The largest absolute Gasteiger partial charge is 0.284 e. The van der Waals surface area contributed by atoms with Gasteiger partial charge >= 0.3 is 0 Å². The Balaban J connectivity index is 2.23. The lowest BCUT2D eigenvalue weighted by Crippen LogP contribution is -2.15. The lowest BCUT2D eigenvalue weighted by atomic mass is 10.2. The fourth-order valence-corrected chi connectivity index (χ4v) is 3.21. The van der Waals surface area contributed by atoms with Gasteiger partial charge in [-0.3, -0.25) is 0 Å². The van der Waals surface area contributed by atoms with Gasteiger partial charge in [0.25, 0.3) is 10.0 Å². The summed E-state index contributed by atoms with van der Waals surface area (Å²) in [5.41, 5.74) is 1.12. The minimum absolute atomic E-state index is 0.0212. The third-order valence-electron chi connectivity index (χ3n) is 2.98. The molecule has 0 amide bonds. The van der Waals surface area contributed by atoms with Crippen molar-refractivity contribution in [3.05, 3.63) is 53.8 Å². The molecule has 0 bridgehead atoms. The molecule has 0 fully saturated rings. The number of hydrogen-bond donors (Lipinski definition) is 0. The van der Waals surface area contributed by atoms with Gasteiger partial charge in [-0.2, -0.15) is 8.42 Å². The van der Waals surface area contributed by atoms with E-state index in [4.69, 9.17) is 0 Å². The molecule has 0 saturated carbocycles. The average Bonchev–Trinajstić information content (AvgIpc) is 2.86. The van der Waals surface area contributed by atoms with Crippen molar-refractivity contribution in [1.82, 2.24) is 14.4 Å². The van der Waals surface area contributed by atoms with Crippen molar-refractivity contribution in [2.45, 2.75) is 11.8 Å². The molecule has 102 valence electrons. The second-order valence-corrected chi connectivity index (χ2v) is 6.10. The number of aryl methyl sites for hydroxylation is 1. The minimum Gasteiger partial charge on any atom is -0.207 e. The summed E-state index contributed by atoms with van der Waals surface area (Å²) in [4.78, 5) is -0.0212. The van der Waals surface area contributed by atoms with Gasteiger partial charge in [-0.05, 0) is 42.8 Å². The minimum atomic E-state index is -3.89. The van der Waals surface area contributed by atoms with Gasteiger partial charge in [-0.25, -0.2) is 4.39 Å². The summed E-state index contributed by atoms with van der Waals surface area (Å²) in [6, 6.07) is 10.4. The molecule has 0 radical (unpaired) electrons. The van der Waals surface area contributed by atoms with Crippen LogP contribution in [0.1, 0.15) is 5.56 Å². The van der Waals surface area contributed by atoms with Gasteiger partial charge in [-0.15, -0.1) is 9.19 Å². The molecule has 1 aromatic heterocycles. The van der Waals surface area contributed by atoms with E-state index in [-0.39, 0.29) is 10.5 Å². The van der Waals surface area contributed by atoms with Crippen LogP contribution in [-0.4, -0.2) is 22.8 Å². The van der Waals surface area contributed by atoms with Crippen LogP contribution >= 0.6 is 0 Å². The predicted molar refractivity (Wildman–Crippen MR) is 71.2 cm³/mol. The summed E-state index contributed by atoms with van der Waals surface area (Å²) < 4.78 is 39.1. The van der Waals surface area contributed by atoms with Gasteiger partial charge < -0.3 is 0 Å². The van der Waals surface area contributed by atoms with E-state index in [1.54, 1.807) is 24.3 Å². The second kappa shape index (κ2) is 4.38. The first-order valence-corrected chi connectivity index (χ1v) is 7.26. The van der Waals surface area contributed by atoms with Crippen molar-refractivity contribution >= 4 is 21.1 Å². The number of benzene rings is 2. The highest BCUT2D eigenvalue weighted by molar-refractivity contribution is 7.90. The van der Waals surface area contributed by atoms with Crippen molar-refractivity contribution in [2.75, 3.05) is 0 Å². The SMILES string of the molecule is Cc1cc(S(=O)(=O)n2nnc3ccccc32)ccc1F. The molecule has 0 unspecified atom stereocenters. The molecule has 0 spiro atoms. The summed E-state index contributed by atoms with van der Waals surface area (Å²) in [6.07, 6.45) is 0. The molecule has 3 aromatic rings. The Morgan fingerprint density at radius 1 is 1.15 bits per heavy atom. The van der Waals surface area contributed by atoms with E-state index in [0.29, 0.717) is 11.0 Å². The molecule has 0 aliphatic carbocycles. The molecule has 2 aromatic carbocycles. The van der Waals surface area contributed by atoms with E-state index in [2.05, 4.69) is 10.3 Å². The van der Waals surface area contributed by atoms with E-state index >= 15 is 0 Å². The van der Waals surface area contributed by atoms with Gasteiger partial charge in [-0.1, -0.05) is 17.3 Å². The van der Waals surface area contributed by atoms with E-state index in [9.17, 15) is 12.8 Å². The molecule has 0 atom stereocenters. The van der Waals surface area contributed by atoms with Gasteiger partial charge in [0.15, 0.2) is 0 Å². The molecule has 0 aliphatic heterocycles. The lowest BCUT2D eigenvalue weighted by Gasteiger charge is -2.06. The fourth-order valence-electron chi connectivity index (χ4n) is 1.90. The zero-order valence-electron chi connectivity index (χ0n) is 10.5. The van der Waals surface area contributed by atoms with E-state index in [1.165, 1.54) is 19.1 Å². The molecule has 0 saturated heterocycles. The highest BCUT2D eigenvalue weighted by atomic mass is 32.2. The van der Waals surface area contributed by atoms with Crippen molar-refractivity contribution < 1.29 is 12.8 Å². The fraction of sp³-hybridized carbons (Fsp3) is 0.0769. The van der Waals surface area contributed by atoms with Crippen LogP contribution in [0.4, 0.5) is 4.39 Å². The van der Waals surface area contributed by atoms with Crippen LogP contribution in [0.25, 0.3) is 11.0 Å². The molecule has 0 aliphatic rings. The maximum atomic E-state index is 13.3. The van der Waals surface area contributed by atoms with Crippen LogP contribution in [0, 0.1) is 12.7 Å². The van der Waals surface area contributed by atoms with Crippen LogP contribution in [-0.2, 0) is 10.0 Å². The number of aromatic nitrogens is 3. The maximum absolute atomic E-state index is 13.3. The first kappa shape index (κ1) is 12.7. The van der Waals surface area contributed by atoms with Gasteiger partial charge in [0.05, 0.1) is 4.90 Å². The third-order valence-corrected chi connectivity index (χ3v) is 4.55. The number of fused-ring (bicyclic) bond motifs is 1. The van der Waals surface area contributed by atoms with E-state index in [1.807, 2.05) is 0 Å². The molecule has 1 heterocycles. The van der Waals surface area contributed by atoms with Gasteiger partial charge in [0, 0.05) is 0 Å². The summed E-state index contributed by atoms with van der Waals surface area (Å²) >= 11 is 0. The average molecular weight is 291 g/mol. The lowest BCUT2D eigenvalue weighted by molar-refractivity contribution is 0.578. The van der Waals surface area contributed by atoms with Crippen LogP contribution in [0.5, 0.6) is 0 Å². The zero-order valence-corrected chi connectivity index (χ0v) is 11.3. The van der Waals surface area contributed by atoms with E-state index < -0.39 is 15.8 Å². The monoisotopic (exact) mass is 291 g/mol. The molecule has 0 N–H and O–H groups in total. The van der Waals surface area contributed by atoms with Crippen LogP contribution in [0.3, 0.4) is 0 Å². The number of halogens is 1. The number of nitrogens with zero attached hydrogens (tertiary/aromatic N) is 3. The van der Waals surface area contributed by atoms with Crippen molar-refractivity contribution in [1.29, 1.82) is 0 Å². The molecule has 5 nitrogen and oxygen atoms in total. The Morgan fingerprint density at radius 3 is 2.65 bits per heavy atom. The zero-order chi connectivity index (χ0) is 14.3. The number of para-hydroxylation sites is 1. The van der Waals surface area contributed by atoms with Crippen LogP contribution in [0.2, 0.25) is 0 Å².